The van der Waals surface area contributed by atoms with Crippen molar-refractivity contribution in [2.75, 3.05) is 20.3 Å². The average Bonchev–Trinajstić information content (AvgIpc) is 3.28. The highest BCUT2D eigenvalue weighted by Crippen LogP contribution is 2.20. The fourth-order valence-corrected chi connectivity index (χ4v) is 4.48. The molecule has 4 aromatic rings. The van der Waals surface area contributed by atoms with Crippen LogP contribution in [0.1, 0.15) is 43.5 Å². The largest absolute Gasteiger partial charge is 0.497 e. The predicted octanol–water partition coefficient (Wildman–Crippen LogP) is 5.98. The number of rotatable bonds is 15. The number of nitrogens with one attached hydrogen (secondary N) is 1. The zero-order chi connectivity index (χ0) is 25.7. The number of imidazole rings is 1. The number of hydrogen-bond acceptors (Lipinski definition) is 4. The van der Waals surface area contributed by atoms with Gasteiger partial charge in [0.15, 0.2) is 0 Å². The molecule has 0 atom stereocenters. The molecule has 6 nitrogen and oxygen atoms in total. The van der Waals surface area contributed by atoms with E-state index < -0.39 is 0 Å². The first-order chi connectivity index (χ1) is 18.2. The standard InChI is InChI=1S/C31H37N3O3/c1-36-26-15-12-16-27(24-26)37-22-11-10-21-34-29-18-8-7-17-28(29)33-30(34)19-6-3-9-20-32-31(35)23-25-13-4-2-5-14-25/h2,4-5,7-8,12-18,24H,3,6,9-11,19-23H2,1H3,(H,32,35). The van der Waals surface area contributed by atoms with Crippen LogP contribution in [0.4, 0.5) is 0 Å². The minimum atomic E-state index is 0.0865. The number of carbonyl (C=O) groups excluding carboxylic acids is 1. The first kappa shape index (κ1) is 26.3. The third kappa shape index (κ3) is 8.10. The van der Waals surface area contributed by atoms with Gasteiger partial charge in [-0.1, -0.05) is 55.0 Å². The van der Waals surface area contributed by atoms with E-state index >= 15 is 0 Å². The lowest BCUT2D eigenvalue weighted by molar-refractivity contribution is -0.120. The highest BCUT2D eigenvalue weighted by atomic mass is 16.5. The number of ether oxygens (including phenoxy) is 2. The molecule has 0 saturated heterocycles. The zero-order valence-electron chi connectivity index (χ0n) is 21.7. The number of hydrogen-bond donors (Lipinski definition) is 1. The summed E-state index contributed by atoms with van der Waals surface area (Å²) in [4.78, 5) is 17.0. The number of benzene rings is 3. The summed E-state index contributed by atoms with van der Waals surface area (Å²) in [5, 5.41) is 3.04. The molecule has 1 aromatic heterocycles. The third-order valence-corrected chi connectivity index (χ3v) is 6.43. The van der Waals surface area contributed by atoms with E-state index in [1.54, 1.807) is 7.11 Å². The van der Waals surface area contributed by atoms with Gasteiger partial charge in [0.05, 0.1) is 31.2 Å². The van der Waals surface area contributed by atoms with Crippen molar-refractivity contribution in [3.8, 4) is 11.5 Å². The molecule has 0 spiro atoms. The predicted molar refractivity (Wildman–Crippen MR) is 148 cm³/mol. The van der Waals surface area contributed by atoms with E-state index in [0.29, 0.717) is 13.0 Å². The van der Waals surface area contributed by atoms with Gasteiger partial charge in [0.1, 0.15) is 17.3 Å². The SMILES string of the molecule is COc1cccc(OCCCCn2c(CCCCCNC(=O)Cc3ccccc3)nc3ccccc32)c1. The van der Waals surface area contributed by atoms with E-state index in [1.165, 1.54) is 5.52 Å². The van der Waals surface area contributed by atoms with E-state index in [2.05, 4.69) is 28.1 Å². The highest BCUT2D eigenvalue weighted by Gasteiger charge is 2.10. The van der Waals surface area contributed by atoms with Crippen LogP contribution in [0.2, 0.25) is 0 Å². The maximum absolute atomic E-state index is 12.1. The van der Waals surface area contributed by atoms with Crippen LogP contribution in [0.15, 0.2) is 78.9 Å². The smallest absolute Gasteiger partial charge is 0.224 e. The molecule has 194 valence electrons. The molecule has 1 amide bonds. The van der Waals surface area contributed by atoms with Crippen LogP contribution < -0.4 is 14.8 Å². The quantitative estimate of drug-likeness (QED) is 0.205. The first-order valence-electron chi connectivity index (χ1n) is 13.2. The molecular formula is C31H37N3O3. The Hall–Kier alpha value is -3.80. The van der Waals surface area contributed by atoms with Gasteiger partial charge in [0.2, 0.25) is 5.91 Å². The Kier molecular flexibility index (Phi) is 9.99. The molecule has 1 N–H and O–H groups in total. The molecule has 0 unspecified atom stereocenters. The molecule has 4 rings (SSSR count). The Balaban J connectivity index is 1.19. The van der Waals surface area contributed by atoms with Gasteiger partial charge in [0.25, 0.3) is 0 Å². The maximum atomic E-state index is 12.1. The summed E-state index contributed by atoms with van der Waals surface area (Å²) in [6.45, 7) is 2.31. The molecule has 0 aliphatic rings. The number of aryl methyl sites for hydroxylation is 2. The average molecular weight is 500 g/mol. The molecule has 3 aromatic carbocycles. The summed E-state index contributed by atoms with van der Waals surface area (Å²) in [5.41, 5.74) is 3.29. The number of fused-ring (bicyclic) bond motifs is 1. The van der Waals surface area contributed by atoms with Crippen molar-refractivity contribution in [1.82, 2.24) is 14.9 Å². The van der Waals surface area contributed by atoms with Crippen molar-refractivity contribution in [1.29, 1.82) is 0 Å². The summed E-state index contributed by atoms with van der Waals surface area (Å²) >= 11 is 0. The van der Waals surface area contributed by atoms with Crippen LogP contribution in [0.25, 0.3) is 11.0 Å². The molecule has 0 aliphatic carbocycles. The van der Waals surface area contributed by atoms with Gasteiger partial charge in [-0.25, -0.2) is 4.98 Å². The molecule has 0 aliphatic heterocycles. The number of nitrogens with zero attached hydrogens (tertiary/aromatic N) is 2. The fourth-order valence-electron chi connectivity index (χ4n) is 4.48. The Morgan fingerprint density at radius 3 is 2.54 bits per heavy atom. The summed E-state index contributed by atoms with van der Waals surface area (Å²) in [6.07, 6.45) is 6.45. The van der Waals surface area contributed by atoms with E-state index in [0.717, 1.165) is 80.0 Å². The van der Waals surface area contributed by atoms with E-state index in [4.69, 9.17) is 14.5 Å². The molecule has 0 bridgehead atoms. The van der Waals surface area contributed by atoms with E-state index in [9.17, 15) is 4.79 Å². The Bertz CT molecular complexity index is 1250. The summed E-state index contributed by atoms with van der Waals surface area (Å²) in [6, 6.07) is 26.0. The van der Waals surface area contributed by atoms with Crippen LogP contribution in [0.5, 0.6) is 11.5 Å². The van der Waals surface area contributed by atoms with Gasteiger partial charge in [0, 0.05) is 25.6 Å². The number of aromatic nitrogens is 2. The molecular weight excluding hydrogens is 462 g/mol. The molecule has 6 heteroatoms. The monoisotopic (exact) mass is 499 g/mol. The number of carbonyl (C=O) groups is 1. The highest BCUT2D eigenvalue weighted by molar-refractivity contribution is 5.78. The van der Waals surface area contributed by atoms with Crippen molar-refractivity contribution in [2.24, 2.45) is 0 Å². The van der Waals surface area contributed by atoms with Gasteiger partial charge in [-0.2, -0.15) is 0 Å². The Morgan fingerprint density at radius 1 is 0.865 bits per heavy atom. The van der Waals surface area contributed by atoms with Gasteiger partial charge < -0.3 is 19.4 Å². The molecule has 0 saturated carbocycles. The molecule has 37 heavy (non-hydrogen) atoms. The van der Waals surface area contributed by atoms with Crippen molar-refractivity contribution < 1.29 is 14.3 Å². The summed E-state index contributed by atoms with van der Waals surface area (Å²) in [5.74, 6) is 2.87. The Labute approximate surface area is 219 Å². The lowest BCUT2D eigenvalue weighted by Crippen LogP contribution is -2.26. The number of methoxy groups -OCH3 is 1. The fraction of sp³-hybridized carbons (Fsp3) is 0.355. The second-order valence-corrected chi connectivity index (χ2v) is 9.23. The molecule has 0 fully saturated rings. The van der Waals surface area contributed by atoms with Gasteiger partial charge in [-0.15, -0.1) is 0 Å². The lowest BCUT2D eigenvalue weighted by Gasteiger charge is -2.11. The van der Waals surface area contributed by atoms with E-state index in [1.807, 2.05) is 60.7 Å². The third-order valence-electron chi connectivity index (χ3n) is 6.43. The molecule has 1 heterocycles. The normalized spacial score (nSPS) is 10.9. The Morgan fingerprint density at radius 2 is 1.68 bits per heavy atom. The van der Waals surface area contributed by atoms with Crippen molar-refractivity contribution in [2.45, 2.75) is 51.5 Å². The first-order valence-corrected chi connectivity index (χ1v) is 13.2. The van der Waals surface area contributed by atoms with Crippen molar-refractivity contribution in [3.05, 3.63) is 90.3 Å². The maximum Gasteiger partial charge on any atom is 0.224 e. The van der Waals surface area contributed by atoms with Crippen LogP contribution in [-0.4, -0.2) is 35.7 Å². The topological polar surface area (TPSA) is 65.4 Å². The van der Waals surface area contributed by atoms with Crippen LogP contribution in [0.3, 0.4) is 0 Å². The van der Waals surface area contributed by atoms with Gasteiger partial charge >= 0.3 is 0 Å². The second-order valence-electron chi connectivity index (χ2n) is 9.23. The van der Waals surface area contributed by atoms with Gasteiger partial charge in [-0.05, 0) is 55.5 Å². The number of unbranched alkanes of at least 4 members (excludes halogenated alkanes) is 3. The number of para-hydroxylation sites is 2. The summed E-state index contributed by atoms with van der Waals surface area (Å²) in [7, 11) is 1.66. The molecule has 0 radical (unpaired) electrons. The van der Waals surface area contributed by atoms with Crippen molar-refractivity contribution in [3.63, 3.8) is 0 Å². The van der Waals surface area contributed by atoms with Crippen LogP contribution >= 0.6 is 0 Å². The zero-order valence-corrected chi connectivity index (χ0v) is 21.7. The minimum absolute atomic E-state index is 0.0865. The van der Waals surface area contributed by atoms with Crippen LogP contribution in [0, 0.1) is 0 Å². The van der Waals surface area contributed by atoms with Crippen molar-refractivity contribution >= 4 is 16.9 Å². The lowest BCUT2D eigenvalue weighted by atomic mass is 10.1. The number of amides is 1. The van der Waals surface area contributed by atoms with Crippen LogP contribution in [-0.2, 0) is 24.2 Å². The second kappa shape index (κ2) is 14.1. The summed E-state index contributed by atoms with van der Waals surface area (Å²) < 4.78 is 13.5. The van der Waals surface area contributed by atoms with Gasteiger partial charge in [-0.3, -0.25) is 4.79 Å². The minimum Gasteiger partial charge on any atom is -0.497 e. The van der Waals surface area contributed by atoms with E-state index in [-0.39, 0.29) is 5.91 Å².